The van der Waals surface area contributed by atoms with E-state index in [0.717, 1.165) is 55.2 Å². The van der Waals surface area contributed by atoms with E-state index >= 15 is 0 Å². The van der Waals surface area contributed by atoms with E-state index in [9.17, 15) is 9.59 Å². The second-order valence-electron chi connectivity index (χ2n) is 7.31. The Morgan fingerprint density at radius 3 is 2.59 bits per heavy atom. The van der Waals surface area contributed by atoms with Crippen molar-refractivity contribution in [2.75, 3.05) is 26.2 Å². The van der Waals surface area contributed by atoms with Crippen molar-refractivity contribution >= 4 is 34.8 Å². The highest BCUT2D eigenvalue weighted by atomic mass is 35.5. The summed E-state index contributed by atoms with van der Waals surface area (Å²) in [5.41, 5.74) is 1.69. The molecule has 29 heavy (non-hydrogen) atoms. The van der Waals surface area contributed by atoms with Crippen molar-refractivity contribution in [2.24, 2.45) is 0 Å². The van der Waals surface area contributed by atoms with Crippen molar-refractivity contribution in [1.29, 1.82) is 0 Å². The maximum Gasteiger partial charge on any atom is 0.263 e. The zero-order chi connectivity index (χ0) is 20.8. The minimum atomic E-state index is -0.0700. The fourth-order valence-corrected chi connectivity index (χ4v) is 4.43. The minimum Gasteiger partial charge on any atom is -0.355 e. The number of hydrogen-bond donors (Lipinski definition) is 2. The lowest BCUT2D eigenvalue weighted by Crippen LogP contribution is -2.47. The maximum absolute atomic E-state index is 12.8. The Hall–Kier alpha value is -1.96. The van der Waals surface area contributed by atoms with Gasteiger partial charge in [-0.15, -0.1) is 11.3 Å². The Kier molecular flexibility index (Phi) is 7.64. The predicted molar refractivity (Wildman–Crippen MR) is 118 cm³/mol. The molecule has 1 aromatic carbocycles. The molecule has 0 saturated carbocycles. The van der Waals surface area contributed by atoms with Crippen LogP contribution < -0.4 is 10.6 Å². The molecule has 8 heteroatoms. The third-order valence-corrected chi connectivity index (χ3v) is 6.41. The summed E-state index contributed by atoms with van der Waals surface area (Å²) in [6.07, 6.45) is 2.62. The molecule has 2 heterocycles. The first-order valence-electron chi connectivity index (χ1n) is 9.99. The molecule has 0 spiro atoms. The Morgan fingerprint density at radius 2 is 1.93 bits per heavy atom. The second kappa shape index (κ2) is 10.2. The van der Waals surface area contributed by atoms with Crippen molar-refractivity contribution < 1.29 is 9.59 Å². The SMILES string of the molecule is CCCNC(=O)CN1CCC(NC(=O)c2sc(-c3ccc(Cl)cc3)nc2C)CC1. The molecule has 1 aromatic heterocycles. The van der Waals surface area contributed by atoms with E-state index in [0.29, 0.717) is 16.4 Å². The summed E-state index contributed by atoms with van der Waals surface area (Å²) in [6, 6.07) is 7.59. The summed E-state index contributed by atoms with van der Waals surface area (Å²) in [5, 5.41) is 7.54. The van der Waals surface area contributed by atoms with Crippen LogP contribution in [0.15, 0.2) is 24.3 Å². The summed E-state index contributed by atoms with van der Waals surface area (Å²) in [6.45, 7) is 6.67. The second-order valence-corrected chi connectivity index (χ2v) is 8.75. The van der Waals surface area contributed by atoms with Crippen LogP contribution in [0.2, 0.25) is 5.02 Å². The van der Waals surface area contributed by atoms with Crippen molar-refractivity contribution in [3.8, 4) is 10.6 Å². The van der Waals surface area contributed by atoms with Crippen molar-refractivity contribution in [3.05, 3.63) is 39.9 Å². The third kappa shape index (κ3) is 6.01. The van der Waals surface area contributed by atoms with E-state index in [1.165, 1.54) is 11.3 Å². The number of halogens is 1. The van der Waals surface area contributed by atoms with Gasteiger partial charge in [-0.2, -0.15) is 0 Å². The summed E-state index contributed by atoms with van der Waals surface area (Å²) in [5.74, 6) is 0.00343. The molecule has 3 rings (SSSR count). The van der Waals surface area contributed by atoms with Gasteiger partial charge >= 0.3 is 0 Å². The summed E-state index contributed by atoms with van der Waals surface area (Å²) >= 11 is 7.35. The Labute approximate surface area is 180 Å². The number of rotatable bonds is 7. The minimum absolute atomic E-state index is 0.0700. The highest BCUT2D eigenvalue weighted by Crippen LogP contribution is 2.29. The summed E-state index contributed by atoms with van der Waals surface area (Å²) in [7, 11) is 0. The van der Waals surface area contributed by atoms with Gasteiger partial charge < -0.3 is 10.6 Å². The van der Waals surface area contributed by atoms with Gasteiger partial charge in [-0.1, -0.05) is 30.7 Å². The lowest BCUT2D eigenvalue weighted by atomic mass is 10.0. The average Bonchev–Trinajstić information content (AvgIpc) is 3.10. The molecule has 2 N–H and O–H groups in total. The quantitative estimate of drug-likeness (QED) is 0.699. The number of aryl methyl sites for hydroxylation is 1. The molecular weight excluding hydrogens is 408 g/mol. The van der Waals surface area contributed by atoms with Crippen LogP contribution in [-0.4, -0.2) is 53.9 Å². The molecular formula is C21H27ClN4O2S. The molecule has 2 aromatic rings. The molecule has 1 fully saturated rings. The first-order valence-corrected chi connectivity index (χ1v) is 11.2. The van der Waals surface area contributed by atoms with Crippen LogP contribution in [0.1, 0.15) is 41.6 Å². The van der Waals surface area contributed by atoms with Crippen LogP contribution in [0, 0.1) is 6.92 Å². The number of piperidine rings is 1. The lowest BCUT2D eigenvalue weighted by molar-refractivity contribution is -0.122. The van der Waals surface area contributed by atoms with Gasteiger partial charge in [0.1, 0.15) is 9.88 Å². The van der Waals surface area contributed by atoms with Gasteiger partial charge in [0.25, 0.3) is 5.91 Å². The summed E-state index contributed by atoms with van der Waals surface area (Å²) < 4.78 is 0. The number of benzene rings is 1. The number of aromatic nitrogens is 1. The number of amides is 2. The van der Waals surface area contributed by atoms with E-state index in [1.54, 1.807) is 0 Å². The van der Waals surface area contributed by atoms with Gasteiger partial charge in [-0.3, -0.25) is 14.5 Å². The number of likely N-dealkylation sites (tertiary alicyclic amines) is 1. The number of carbonyl (C=O) groups excluding carboxylic acids is 2. The molecule has 2 amide bonds. The third-order valence-electron chi connectivity index (χ3n) is 4.96. The van der Waals surface area contributed by atoms with Gasteiger partial charge in [0.05, 0.1) is 12.2 Å². The smallest absolute Gasteiger partial charge is 0.263 e. The molecule has 156 valence electrons. The van der Waals surface area contributed by atoms with Gasteiger partial charge in [-0.25, -0.2) is 4.98 Å². The van der Waals surface area contributed by atoms with Crippen molar-refractivity contribution in [3.63, 3.8) is 0 Å². The maximum atomic E-state index is 12.8. The van der Waals surface area contributed by atoms with Crippen molar-refractivity contribution in [2.45, 2.75) is 39.2 Å². The molecule has 0 bridgehead atoms. The van der Waals surface area contributed by atoms with Gasteiger partial charge in [-0.05, 0) is 38.3 Å². The van der Waals surface area contributed by atoms with Crippen LogP contribution in [0.3, 0.4) is 0 Å². The zero-order valence-electron chi connectivity index (χ0n) is 16.8. The first kappa shape index (κ1) is 21.7. The van der Waals surface area contributed by atoms with E-state index in [2.05, 4.69) is 20.5 Å². The predicted octanol–water partition coefficient (Wildman–Crippen LogP) is 3.49. The normalized spacial score (nSPS) is 15.3. The fraction of sp³-hybridized carbons (Fsp3) is 0.476. The van der Waals surface area contributed by atoms with Gasteiger partial charge in [0.2, 0.25) is 5.91 Å². The zero-order valence-corrected chi connectivity index (χ0v) is 18.4. The number of hydrogen-bond acceptors (Lipinski definition) is 5. The Morgan fingerprint density at radius 1 is 1.24 bits per heavy atom. The number of nitrogens with zero attached hydrogens (tertiary/aromatic N) is 2. The molecule has 1 aliphatic rings. The summed E-state index contributed by atoms with van der Waals surface area (Å²) in [4.78, 5) is 32.0. The number of nitrogens with one attached hydrogen (secondary N) is 2. The lowest BCUT2D eigenvalue weighted by Gasteiger charge is -2.31. The topological polar surface area (TPSA) is 74.3 Å². The van der Waals surface area contributed by atoms with Crippen molar-refractivity contribution in [1.82, 2.24) is 20.5 Å². The number of carbonyl (C=O) groups is 2. The van der Waals surface area contributed by atoms with E-state index < -0.39 is 0 Å². The molecule has 0 atom stereocenters. The number of thiazole rings is 1. The van der Waals surface area contributed by atoms with E-state index in [4.69, 9.17) is 11.6 Å². The first-order chi connectivity index (χ1) is 14.0. The van der Waals surface area contributed by atoms with Crippen LogP contribution in [0.25, 0.3) is 10.6 Å². The largest absolute Gasteiger partial charge is 0.355 e. The van der Waals surface area contributed by atoms with E-state index in [-0.39, 0.29) is 17.9 Å². The Bertz CT molecular complexity index is 845. The molecule has 1 aliphatic heterocycles. The standard InChI is InChI=1S/C21H27ClN4O2S/c1-3-10-23-18(27)13-26-11-8-17(9-12-26)25-20(28)19-14(2)24-21(29-19)15-4-6-16(22)7-5-15/h4-7,17H,3,8-13H2,1-2H3,(H,23,27)(H,25,28). The van der Waals surface area contributed by atoms with Crippen LogP contribution in [0.5, 0.6) is 0 Å². The highest BCUT2D eigenvalue weighted by molar-refractivity contribution is 7.17. The molecule has 1 saturated heterocycles. The highest BCUT2D eigenvalue weighted by Gasteiger charge is 2.24. The fourth-order valence-electron chi connectivity index (χ4n) is 3.33. The van der Waals surface area contributed by atoms with Crippen LogP contribution in [-0.2, 0) is 4.79 Å². The Balaban J connectivity index is 1.52. The van der Waals surface area contributed by atoms with Crippen LogP contribution >= 0.6 is 22.9 Å². The molecule has 0 aliphatic carbocycles. The average molecular weight is 435 g/mol. The van der Waals surface area contributed by atoms with Gasteiger partial charge in [0.15, 0.2) is 0 Å². The van der Waals surface area contributed by atoms with Gasteiger partial charge in [0, 0.05) is 36.3 Å². The monoisotopic (exact) mass is 434 g/mol. The molecule has 0 unspecified atom stereocenters. The van der Waals surface area contributed by atoms with E-state index in [1.807, 2.05) is 38.1 Å². The van der Waals surface area contributed by atoms with Crippen LogP contribution in [0.4, 0.5) is 0 Å². The molecule has 0 radical (unpaired) electrons. The molecule has 6 nitrogen and oxygen atoms in total.